The minimum absolute atomic E-state index is 0.112. The summed E-state index contributed by atoms with van der Waals surface area (Å²) in [6, 6.07) is 17.7. The van der Waals surface area contributed by atoms with Crippen molar-refractivity contribution in [3.63, 3.8) is 0 Å². The number of aromatic nitrogens is 1. The normalized spacial score (nSPS) is 10.7. The van der Waals surface area contributed by atoms with Crippen molar-refractivity contribution in [2.45, 2.75) is 6.92 Å². The Kier molecular flexibility index (Phi) is 6.60. The maximum Gasteiger partial charge on any atom is 0.258 e. The Labute approximate surface area is 199 Å². The van der Waals surface area contributed by atoms with E-state index >= 15 is 0 Å². The molecule has 0 fully saturated rings. The van der Waals surface area contributed by atoms with E-state index in [1.54, 1.807) is 36.4 Å². The number of fused-ring (bicyclic) bond motifs is 1. The second-order valence-corrected chi connectivity index (χ2v) is 7.86. The number of halogens is 2. The zero-order chi connectivity index (χ0) is 22.7. The van der Waals surface area contributed by atoms with Gasteiger partial charge in [0.25, 0.3) is 5.91 Å². The Morgan fingerprint density at radius 1 is 1.12 bits per heavy atom. The number of hydrogen-bond donors (Lipinski definition) is 2. The largest absolute Gasteiger partial charge is 0.494 e. The Bertz CT molecular complexity index is 1310. The summed E-state index contributed by atoms with van der Waals surface area (Å²) in [7, 11) is 0. The number of rotatable bonds is 5. The highest BCUT2D eigenvalue weighted by Crippen LogP contribution is 2.28. The van der Waals surface area contributed by atoms with Gasteiger partial charge in [0, 0.05) is 11.3 Å². The summed E-state index contributed by atoms with van der Waals surface area (Å²) in [5.41, 5.74) is 2.98. The monoisotopic (exact) mass is 485 g/mol. The van der Waals surface area contributed by atoms with Gasteiger partial charge >= 0.3 is 0 Å². The molecule has 4 rings (SSSR count). The molecule has 1 amide bonds. The average Bonchev–Trinajstić information content (AvgIpc) is 3.19. The Hall–Kier alpha value is -3.13. The van der Waals surface area contributed by atoms with Crippen LogP contribution in [0.1, 0.15) is 17.3 Å². The van der Waals surface area contributed by atoms with Gasteiger partial charge in [-0.2, -0.15) is 0 Å². The van der Waals surface area contributed by atoms with Gasteiger partial charge in [-0.15, -0.1) is 0 Å². The fourth-order valence-corrected chi connectivity index (χ4v) is 3.60. The lowest BCUT2D eigenvalue weighted by atomic mass is 10.2. The molecule has 0 atom stereocenters. The topological polar surface area (TPSA) is 76.4 Å². The molecule has 0 aliphatic rings. The fraction of sp³-hybridized carbons (Fsp3) is 0.0870. The van der Waals surface area contributed by atoms with Crippen LogP contribution in [0, 0.1) is 0 Å². The molecule has 0 aliphatic carbocycles. The standard InChI is InChI=1S/C23H17Cl2N3O3S/c1-2-30-15-9-6-13(7-10-15)22-27-18-12-14(8-11-19(18)31-22)26-23(32)28-21(29)16-4-3-5-17(24)20(16)25/h3-12H,2H2,1H3,(H2,26,28,29,32). The molecule has 0 saturated carbocycles. The van der Waals surface area contributed by atoms with Gasteiger partial charge in [0.2, 0.25) is 5.89 Å². The van der Waals surface area contributed by atoms with Gasteiger partial charge in [-0.1, -0.05) is 29.3 Å². The first-order chi connectivity index (χ1) is 15.4. The van der Waals surface area contributed by atoms with Crippen molar-refractivity contribution in [1.29, 1.82) is 0 Å². The quantitative estimate of drug-likeness (QED) is 0.321. The molecule has 0 saturated heterocycles. The molecule has 9 heteroatoms. The minimum atomic E-state index is -0.463. The predicted molar refractivity (Wildman–Crippen MR) is 131 cm³/mol. The number of carbonyl (C=O) groups is 1. The van der Waals surface area contributed by atoms with Crippen molar-refractivity contribution in [2.75, 3.05) is 11.9 Å². The lowest BCUT2D eigenvalue weighted by Crippen LogP contribution is -2.34. The number of nitrogens with zero attached hydrogens (tertiary/aromatic N) is 1. The summed E-state index contributed by atoms with van der Waals surface area (Å²) in [4.78, 5) is 17.0. The highest BCUT2D eigenvalue weighted by atomic mass is 35.5. The number of oxazole rings is 1. The van der Waals surface area contributed by atoms with Crippen molar-refractivity contribution in [2.24, 2.45) is 0 Å². The first-order valence-electron chi connectivity index (χ1n) is 9.64. The van der Waals surface area contributed by atoms with Gasteiger partial charge in [0.15, 0.2) is 10.7 Å². The van der Waals surface area contributed by atoms with Gasteiger partial charge in [-0.05, 0) is 73.7 Å². The van der Waals surface area contributed by atoms with E-state index in [4.69, 9.17) is 44.6 Å². The second-order valence-electron chi connectivity index (χ2n) is 6.67. The van der Waals surface area contributed by atoms with Crippen molar-refractivity contribution < 1.29 is 13.9 Å². The molecule has 0 bridgehead atoms. The first kappa shape index (κ1) is 22.1. The van der Waals surface area contributed by atoms with Crippen LogP contribution in [0.4, 0.5) is 5.69 Å². The smallest absolute Gasteiger partial charge is 0.258 e. The SMILES string of the molecule is CCOc1ccc(-c2nc3cc(NC(=S)NC(=O)c4cccc(Cl)c4Cl)ccc3o2)cc1. The lowest BCUT2D eigenvalue weighted by Gasteiger charge is -2.10. The summed E-state index contributed by atoms with van der Waals surface area (Å²) >= 11 is 17.3. The van der Waals surface area contributed by atoms with E-state index < -0.39 is 5.91 Å². The van der Waals surface area contributed by atoms with E-state index in [0.29, 0.717) is 29.3 Å². The van der Waals surface area contributed by atoms with Crippen molar-refractivity contribution >= 4 is 63.2 Å². The number of anilines is 1. The van der Waals surface area contributed by atoms with E-state index in [9.17, 15) is 4.79 Å². The molecule has 6 nitrogen and oxygen atoms in total. The second kappa shape index (κ2) is 9.56. The molecule has 0 radical (unpaired) electrons. The maximum atomic E-state index is 12.4. The van der Waals surface area contributed by atoms with Crippen LogP contribution in [-0.2, 0) is 0 Å². The number of carbonyl (C=O) groups excluding carboxylic acids is 1. The van der Waals surface area contributed by atoms with E-state index in [1.165, 1.54) is 0 Å². The molecule has 0 aliphatic heterocycles. The predicted octanol–water partition coefficient (Wildman–Crippen LogP) is 6.33. The Morgan fingerprint density at radius 2 is 1.91 bits per heavy atom. The average molecular weight is 486 g/mol. The molecular weight excluding hydrogens is 469 g/mol. The molecule has 3 aromatic carbocycles. The van der Waals surface area contributed by atoms with Gasteiger partial charge in [-0.3, -0.25) is 10.1 Å². The third kappa shape index (κ3) is 4.85. The molecule has 2 N–H and O–H groups in total. The van der Waals surface area contributed by atoms with Crippen molar-refractivity contribution in [3.05, 3.63) is 76.3 Å². The zero-order valence-corrected chi connectivity index (χ0v) is 19.1. The summed E-state index contributed by atoms with van der Waals surface area (Å²) in [5, 5.41) is 6.12. The number of hydrogen-bond acceptors (Lipinski definition) is 5. The van der Waals surface area contributed by atoms with Gasteiger partial charge < -0.3 is 14.5 Å². The molecule has 1 aromatic heterocycles. The summed E-state index contributed by atoms with van der Waals surface area (Å²) < 4.78 is 11.3. The molecule has 162 valence electrons. The molecule has 4 aromatic rings. The van der Waals surface area contributed by atoms with Crippen LogP contribution in [-0.4, -0.2) is 22.6 Å². The van der Waals surface area contributed by atoms with E-state index in [-0.39, 0.29) is 20.7 Å². The van der Waals surface area contributed by atoms with Gasteiger partial charge in [0.05, 0.1) is 22.2 Å². The molecule has 0 spiro atoms. The van der Waals surface area contributed by atoms with Crippen molar-refractivity contribution in [3.8, 4) is 17.2 Å². The van der Waals surface area contributed by atoms with Crippen LogP contribution in [0.25, 0.3) is 22.6 Å². The van der Waals surface area contributed by atoms with Crippen LogP contribution in [0.5, 0.6) is 5.75 Å². The minimum Gasteiger partial charge on any atom is -0.494 e. The third-order valence-electron chi connectivity index (χ3n) is 4.48. The number of benzene rings is 3. The number of thiocarbonyl (C=S) groups is 1. The molecule has 1 heterocycles. The Morgan fingerprint density at radius 3 is 2.66 bits per heavy atom. The number of amides is 1. The van der Waals surface area contributed by atoms with E-state index in [0.717, 1.165) is 11.3 Å². The van der Waals surface area contributed by atoms with Gasteiger partial charge in [-0.25, -0.2) is 4.98 Å². The maximum absolute atomic E-state index is 12.4. The lowest BCUT2D eigenvalue weighted by molar-refractivity contribution is 0.0978. The van der Waals surface area contributed by atoms with Crippen LogP contribution < -0.4 is 15.4 Å². The van der Waals surface area contributed by atoms with Gasteiger partial charge in [0.1, 0.15) is 11.3 Å². The number of ether oxygens (including phenoxy) is 1. The molecule has 32 heavy (non-hydrogen) atoms. The summed E-state index contributed by atoms with van der Waals surface area (Å²) in [6.45, 7) is 2.54. The highest BCUT2D eigenvalue weighted by molar-refractivity contribution is 7.80. The summed E-state index contributed by atoms with van der Waals surface area (Å²) in [6.07, 6.45) is 0. The van der Waals surface area contributed by atoms with Crippen LogP contribution >= 0.6 is 35.4 Å². The van der Waals surface area contributed by atoms with Crippen LogP contribution in [0.15, 0.2) is 65.1 Å². The first-order valence-corrected chi connectivity index (χ1v) is 10.8. The Balaban J connectivity index is 1.47. The van der Waals surface area contributed by atoms with Crippen molar-refractivity contribution in [1.82, 2.24) is 10.3 Å². The third-order valence-corrected chi connectivity index (χ3v) is 5.50. The fourth-order valence-electron chi connectivity index (χ4n) is 3.00. The molecule has 0 unspecified atom stereocenters. The van der Waals surface area contributed by atoms with Crippen LogP contribution in [0.2, 0.25) is 10.0 Å². The molecular formula is C23H17Cl2N3O3S. The summed E-state index contributed by atoms with van der Waals surface area (Å²) in [5.74, 6) is 0.815. The zero-order valence-electron chi connectivity index (χ0n) is 16.8. The van der Waals surface area contributed by atoms with E-state index in [2.05, 4.69) is 15.6 Å². The van der Waals surface area contributed by atoms with Crippen LogP contribution in [0.3, 0.4) is 0 Å². The van der Waals surface area contributed by atoms with E-state index in [1.807, 2.05) is 31.2 Å². The number of nitrogens with one attached hydrogen (secondary N) is 2. The highest BCUT2D eigenvalue weighted by Gasteiger charge is 2.14.